The Balaban J connectivity index is 1.80. The third kappa shape index (κ3) is 4.16. The lowest BCUT2D eigenvalue weighted by Gasteiger charge is -2.30. The highest BCUT2D eigenvalue weighted by molar-refractivity contribution is 6.15. The van der Waals surface area contributed by atoms with E-state index in [4.69, 9.17) is 15.3 Å². The van der Waals surface area contributed by atoms with Gasteiger partial charge in [0.15, 0.2) is 5.82 Å². The number of hydrogen-bond acceptors (Lipinski definition) is 10. The van der Waals surface area contributed by atoms with Gasteiger partial charge in [-0.25, -0.2) is 4.79 Å². The lowest BCUT2D eigenvalue weighted by Crippen LogP contribution is -2.40. The van der Waals surface area contributed by atoms with Gasteiger partial charge in [-0.15, -0.1) is 0 Å². The number of anilines is 2. The fraction of sp³-hybridized carbons (Fsp3) is 0.421. The van der Waals surface area contributed by atoms with Crippen LogP contribution in [0.3, 0.4) is 0 Å². The van der Waals surface area contributed by atoms with Crippen molar-refractivity contribution in [2.24, 2.45) is 10.9 Å². The smallest absolute Gasteiger partial charge is 0.336 e. The highest BCUT2D eigenvalue weighted by Crippen LogP contribution is 2.20. The van der Waals surface area contributed by atoms with Crippen molar-refractivity contribution in [1.29, 1.82) is 0 Å². The standard InChI is InChI=1S/C19H23N7O4/c20-24-15(13-3-1-2-4-14(13)17(27)28)16-21-18(25-5-9-29-10-6-25)23-19(22-16)26-7-11-30-12-8-26/h1-4H,5-12,20H2,(H,27,28)/b24-15+. The van der Waals surface area contributed by atoms with Crippen LogP contribution in [0.4, 0.5) is 11.9 Å². The van der Waals surface area contributed by atoms with Crippen LogP contribution in [0.2, 0.25) is 0 Å². The maximum Gasteiger partial charge on any atom is 0.336 e. The first-order valence-electron chi connectivity index (χ1n) is 9.70. The van der Waals surface area contributed by atoms with Crippen LogP contribution in [-0.2, 0) is 9.47 Å². The van der Waals surface area contributed by atoms with E-state index in [0.29, 0.717) is 70.1 Å². The lowest BCUT2D eigenvalue weighted by molar-refractivity contribution is 0.0696. The second-order valence-corrected chi connectivity index (χ2v) is 6.79. The van der Waals surface area contributed by atoms with Crippen molar-refractivity contribution in [2.75, 3.05) is 62.4 Å². The van der Waals surface area contributed by atoms with Crippen molar-refractivity contribution in [3.05, 3.63) is 41.2 Å². The molecule has 0 saturated carbocycles. The molecule has 2 aliphatic rings. The molecule has 0 atom stereocenters. The molecule has 2 fully saturated rings. The Morgan fingerprint density at radius 2 is 1.40 bits per heavy atom. The second kappa shape index (κ2) is 9.01. The van der Waals surface area contributed by atoms with Gasteiger partial charge in [-0.1, -0.05) is 18.2 Å². The summed E-state index contributed by atoms with van der Waals surface area (Å²) in [6, 6.07) is 6.50. The van der Waals surface area contributed by atoms with Crippen LogP contribution < -0.4 is 15.6 Å². The van der Waals surface area contributed by atoms with Crippen molar-refractivity contribution in [3.63, 3.8) is 0 Å². The molecule has 2 aromatic rings. The quantitative estimate of drug-likeness (QED) is 0.390. The third-order valence-corrected chi connectivity index (χ3v) is 4.95. The summed E-state index contributed by atoms with van der Waals surface area (Å²) >= 11 is 0. The molecule has 4 rings (SSSR count). The number of aromatic carboxylic acids is 1. The molecule has 1 aromatic carbocycles. The van der Waals surface area contributed by atoms with Gasteiger partial charge in [-0.2, -0.15) is 20.1 Å². The molecule has 0 unspecified atom stereocenters. The molecule has 11 heteroatoms. The summed E-state index contributed by atoms with van der Waals surface area (Å²) in [6.07, 6.45) is 0. The first-order chi connectivity index (χ1) is 14.7. The summed E-state index contributed by atoms with van der Waals surface area (Å²) < 4.78 is 10.9. The number of morpholine rings is 2. The second-order valence-electron chi connectivity index (χ2n) is 6.79. The number of hydrazone groups is 1. The Kier molecular flexibility index (Phi) is 6.00. The van der Waals surface area contributed by atoms with Gasteiger partial charge in [0, 0.05) is 31.7 Å². The summed E-state index contributed by atoms with van der Waals surface area (Å²) in [7, 11) is 0. The minimum absolute atomic E-state index is 0.0722. The molecule has 0 aliphatic carbocycles. The number of rotatable bonds is 5. The number of carboxylic acid groups (broad SMARTS) is 1. The maximum absolute atomic E-state index is 11.7. The number of aromatic nitrogens is 3. The largest absolute Gasteiger partial charge is 0.478 e. The van der Waals surface area contributed by atoms with Crippen molar-refractivity contribution < 1.29 is 19.4 Å². The van der Waals surface area contributed by atoms with Crippen LogP contribution in [0.1, 0.15) is 21.7 Å². The molecule has 0 radical (unpaired) electrons. The lowest BCUT2D eigenvalue weighted by atomic mass is 10.0. The monoisotopic (exact) mass is 413 g/mol. The Bertz CT molecular complexity index is 904. The van der Waals surface area contributed by atoms with E-state index < -0.39 is 5.97 Å². The molecule has 0 bridgehead atoms. The SMILES string of the molecule is N/N=C(/c1nc(N2CCOCC2)nc(N2CCOCC2)n1)c1ccccc1C(=O)O. The highest BCUT2D eigenvalue weighted by Gasteiger charge is 2.24. The normalized spacial score (nSPS) is 17.8. The molecule has 3 N–H and O–H groups in total. The van der Waals surface area contributed by atoms with Gasteiger partial charge in [0.1, 0.15) is 5.71 Å². The van der Waals surface area contributed by atoms with E-state index in [1.165, 1.54) is 6.07 Å². The number of benzene rings is 1. The molecule has 1 aromatic heterocycles. The fourth-order valence-corrected chi connectivity index (χ4v) is 3.39. The number of nitrogens with zero attached hydrogens (tertiary/aromatic N) is 6. The molecule has 11 nitrogen and oxygen atoms in total. The van der Waals surface area contributed by atoms with Crippen LogP contribution in [0.5, 0.6) is 0 Å². The molecule has 2 aliphatic heterocycles. The van der Waals surface area contributed by atoms with Crippen LogP contribution in [-0.4, -0.2) is 84.3 Å². The predicted octanol–water partition coefficient (Wildman–Crippen LogP) is -0.0459. The van der Waals surface area contributed by atoms with Crippen molar-refractivity contribution >= 4 is 23.6 Å². The van der Waals surface area contributed by atoms with Gasteiger partial charge in [0.25, 0.3) is 0 Å². The van der Waals surface area contributed by atoms with Gasteiger partial charge in [0.2, 0.25) is 11.9 Å². The van der Waals surface area contributed by atoms with E-state index in [2.05, 4.69) is 20.1 Å². The zero-order chi connectivity index (χ0) is 20.9. The Hall–Kier alpha value is -3.31. The van der Waals surface area contributed by atoms with Crippen LogP contribution >= 0.6 is 0 Å². The number of hydrogen-bond donors (Lipinski definition) is 2. The summed E-state index contributed by atoms with van der Waals surface area (Å²) in [5.74, 6) is 5.81. The topological polar surface area (TPSA) is 139 Å². The average Bonchev–Trinajstić information content (AvgIpc) is 2.81. The zero-order valence-corrected chi connectivity index (χ0v) is 16.4. The van der Waals surface area contributed by atoms with Gasteiger partial charge < -0.3 is 30.2 Å². The van der Waals surface area contributed by atoms with E-state index in [0.717, 1.165) is 0 Å². The minimum Gasteiger partial charge on any atom is -0.478 e. The van der Waals surface area contributed by atoms with Crippen LogP contribution in [0, 0.1) is 0 Å². The molecular formula is C19H23N7O4. The average molecular weight is 413 g/mol. The summed E-state index contributed by atoms with van der Waals surface area (Å²) in [5.41, 5.74) is 0.613. The Morgan fingerprint density at radius 1 is 0.900 bits per heavy atom. The van der Waals surface area contributed by atoms with E-state index in [9.17, 15) is 9.90 Å². The summed E-state index contributed by atoms with van der Waals surface area (Å²) in [4.78, 5) is 29.6. The number of carboxylic acids is 1. The maximum atomic E-state index is 11.7. The Labute approximate surface area is 173 Å². The number of nitrogens with two attached hydrogens (primary N) is 1. The van der Waals surface area contributed by atoms with Crippen LogP contribution in [0.25, 0.3) is 0 Å². The Morgan fingerprint density at radius 3 is 1.87 bits per heavy atom. The predicted molar refractivity (Wildman–Crippen MR) is 109 cm³/mol. The fourth-order valence-electron chi connectivity index (χ4n) is 3.39. The molecular weight excluding hydrogens is 390 g/mol. The van der Waals surface area contributed by atoms with Crippen molar-refractivity contribution in [2.45, 2.75) is 0 Å². The highest BCUT2D eigenvalue weighted by atomic mass is 16.5. The number of carbonyl (C=O) groups is 1. The molecule has 0 amide bonds. The van der Waals surface area contributed by atoms with Crippen molar-refractivity contribution in [1.82, 2.24) is 15.0 Å². The van der Waals surface area contributed by atoms with Gasteiger partial charge in [-0.05, 0) is 6.07 Å². The van der Waals surface area contributed by atoms with E-state index in [1.54, 1.807) is 18.2 Å². The van der Waals surface area contributed by atoms with Gasteiger partial charge >= 0.3 is 5.97 Å². The number of ether oxygens (including phenoxy) is 2. The third-order valence-electron chi connectivity index (χ3n) is 4.95. The first-order valence-corrected chi connectivity index (χ1v) is 9.70. The molecule has 158 valence electrons. The molecule has 2 saturated heterocycles. The van der Waals surface area contributed by atoms with Gasteiger partial charge in [0.05, 0.1) is 32.0 Å². The minimum atomic E-state index is -1.08. The van der Waals surface area contributed by atoms with E-state index in [-0.39, 0.29) is 17.1 Å². The molecule has 30 heavy (non-hydrogen) atoms. The van der Waals surface area contributed by atoms with Crippen LogP contribution in [0.15, 0.2) is 29.4 Å². The molecule has 0 spiro atoms. The van der Waals surface area contributed by atoms with Gasteiger partial charge in [-0.3, -0.25) is 0 Å². The van der Waals surface area contributed by atoms with E-state index in [1.807, 2.05) is 9.80 Å². The molecule has 3 heterocycles. The van der Waals surface area contributed by atoms with E-state index >= 15 is 0 Å². The first kappa shape index (κ1) is 20.0. The zero-order valence-electron chi connectivity index (χ0n) is 16.4. The summed E-state index contributed by atoms with van der Waals surface area (Å²) in [5, 5.41) is 13.4. The summed E-state index contributed by atoms with van der Waals surface area (Å²) in [6.45, 7) is 4.89. The van der Waals surface area contributed by atoms with Crippen molar-refractivity contribution in [3.8, 4) is 0 Å².